The van der Waals surface area contributed by atoms with Gasteiger partial charge in [-0.3, -0.25) is 9.20 Å². The molecule has 1 amide bonds. The molecule has 2 aromatic heterocycles. The number of piperidine rings is 1. The van der Waals surface area contributed by atoms with E-state index in [0.717, 1.165) is 37.4 Å². The molecule has 1 aromatic carbocycles. The van der Waals surface area contributed by atoms with Gasteiger partial charge in [0.25, 0.3) is 0 Å². The van der Waals surface area contributed by atoms with E-state index >= 15 is 0 Å². The Kier molecular flexibility index (Phi) is 4.93. The van der Waals surface area contributed by atoms with E-state index in [4.69, 9.17) is 0 Å². The summed E-state index contributed by atoms with van der Waals surface area (Å²) in [6.45, 7) is 3.67. The first kappa shape index (κ1) is 17.1. The largest absolute Gasteiger partial charge is 0.342 e. The number of rotatable bonds is 4. The Morgan fingerprint density at radius 3 is 2.69 bits per heavy atom. The van der Waals surface area contributed by atoms with Crippen LogP contribution in [0.2, 0.25) is 0 Å². The lowest BCUT2D eigenvalue weighted by Crippen LogP contribution is -2.39. The molecule has 1 aliphatic heterocycles. The van der Waals surface area contributed by atoms with Crippen molar-refractivity contribution in [2.75, 3.05) is 18.8 Å². The van der Waals surface area contributed by atoms with Crippen LogP contribution in [0.5, 0.6) is 0 Å². The van der Waals surface area contributed by atoms with Crippen LogP contribution < -0.4 is 0 Å². The van der Waals surface area contributed by atoms with E-state index in [-0.39, 0.29) is 5.91 Å². The molecule has 1 aliphatic rings. The van der Waals surface area contributed by atoms with Crippen molar-refractivity contribution in [3.05, 3.63) is 60.0 Å². The van der Waals surface area contributed by atoms with Crippen LogP contribution in [0, 0.1) is 6.92 Å². The number of carbonyl (C=O) groups is 1. The highest BCUT2D eigenvalue weighted by Gasteiger charge is 2.26. The molecule has 0 unspecified atom stereocenters. The quantitative estimate of drug-likeness (QED) is 0.663. The monoisotopic (exact) mass is 366 g/mol. The summed E-state index contributed by atoms with van der Waals surface area (Å²) < 4.78 is 2.07. The number of aryl methyl sites for hydroxylation is 1. The average Bonchev–Trinajstić information content (AvgIpc) is 3.11. The topological polar surface area (TPSA) is 50.5 Å². The highest BCUT2D eigenvalue weighted by atomic mass is 32.2. The van der Waals surface area contributed by atoms with E-state index in [1.165, 1.54) is 10.5 Å². The first-order valence-corrected chi connectivity index (χ1v) is 9.97. The summed E-state index contributed by atoms with van der Waals surface area (Å²) in [5, 5.41) is 8.63. The van der Waals surface area contributed by atoms with Crippen LogP contribution in [0.15, 0.2) is 53.6 Å². The number of thioether (sulfide) groups is 1. The molecule has 3 heterocycles. The summed E-state index contributed by atoms with van der Waals surface area (Å²) in [6.07, 6.45) is 3.90. The molecule has 5 nitrogen and oxygen atoms in total. The predicted molar refractivity (Wildman–Crippen MR) is 103 cm³/mol. The Balaban J connectivity index is 1.34. The minimum Gasteiger partial charge on any atom is -0.342 e. The lowest BCUT2D eigenvalue weighted by Gasteiger charge is -2.31. The number of hydrogen-bond donors (Lipinski definition) is 0. The SMILES string of the molecule is Cc1ccccc1SCC(=O)N1CCC(c2nnc3ccccn23)CC1. The first-order valence-electron chi connectivity index (χ1n) is 8.98. The van der Waals surface area contributed by atoms with Crippen LogP contribution in [-0.2, 0) is 4.79 Å². The zero-order valence-electron chi connectivity index (χ0n) is 14.8. The van der Waals surface area contributed by atoms with Gasteiger partial charge in [0, 0.05) is 30.1 Å². The van der Waals surface area contributed by atoms with Gasteiger partial charge in [0.1, 0.15) is 5.82 Å². The highest BCUT2D eigenvalue weighted by molar-refractivity contribution is 8.00. The number of pyridine rings is 1. The molecule has 0 aliphatic carbocycles. The van der Waals surface area contributed by atoms with Crippen molar-refractivity contribution in [1.82, 2.24) is 19.5 Å². The Bertz CT molecular complexity index is 915. The number of nitrogens with zero attached hydrogens (tertiary/aromatic N) is 4. The fourth-order valence-corrected chi connectivity index (χ4v) is 4.41. The van der Waals surface area contributed by atoms with Crippen LogP contribution in [-0.4, -0.2) is 44.2 Å². The lowest BCUT2D eigenvalue weighted by atomic mass is 9.96. The molecule has 0 spiro atoms. The van der Waals surface area contributed by atoms with Gasteiger partial charge in [-0.25, -0.2) is 0 Å². The third-order valence-corrected chi connectivity index (χ3v) is 6.16. The van der Waals surface area contributed by atoms with Crippen molar-refractivity contribution in [1.29, 1.82) is 0 Å². The van der Waals surface area contributed by atoms with Crippen LogP contribution in [0.1, 0.15) is 30.1 Å². The molecule has 26 heavy (non-hydrogen) atoms. The number of aromatic nitrogens is 3. The third kappa shape index (κ3) is 3.46. The molecule has 0 saturated carbocycles. The van der Waals surface area contributed by atoms with Gasteiger partial charge in [-0.1, -0.05) is 24.3 Å². The van der Waals surface area contributed by atoms with E-state index in [1.807, 2.05) is 41.4 Å². The molecule has 0 atom stereocenters. The van der Waals surface area contributed by atoms with Crippen molar-refractivity contribution >= 4 is 23.3 Å². The Morgan fingerprint density at radius 1 is 1.12 bits per heavy atom. The molecule has 0 radical (unpaired) electrons. The molecular formula is C20H22N4OS. The summed E-state index contributed by atoms with van der Waals surface area (Å²) in [7, 11) is 0. The van der Waals surface area contributed by atoms with Crippen molar-refractivity contribution < 1.29 is 4.79 Å². The van der Waals surface area contributed by atoms with Gasteiger partial charge in [0.15, 0.2) is 5.65 Å². The molecule has 3 aromatic rings. The van der Waals surface area contributed by atoms with Crippen molar-refractivity contribution in [3.8, 4) is 0 Å². The molecule has 0 N–H and O–H groups in total. The van der Waals surface area contributed by atoms with Crippen molar-refractivity contribution in [2.45, 2.75) is 30.6 Å². The van der Waals surface area contributed by atoms with Gasteiger partial charge in [-0.15, -0.1) is 22.0 Å². The maximum atomic E-state index is 12.6. The number of fused-ring (bicyclic) bond motifs is 1. The van der Waals surface area contributed by atoms with E-state index in [2.05, 4.69) is 33.7 Å². The van der Waals surface area contributed by atoms with E-state index in [0.29, 0.717) is 11.7 Å². The summed E-state index contributed by atoms with van der Waals surface area (Å²) in [5.74, 6) is 2.11. The smallest absolute Gasteiger partial charge is 0.232 e. The second kappa shape index (κ2) is 7.50. The van der Waals surface area contributed by atoms with Crippen LogP contribution >= 0.6 is 11.8 Å². The Morgan fingerprint density at radius 2 is 1.88 bits per heavy atom. The van der Waals surface area contributed by atoms with E-state index in [1.54, 1.807) is 11.8 Å². The van der Waals surface area contributed by atoms with Crippen LogP contribution in [0.25, 0.3) is 5.65 Å². The van der Waals surface area contributed by atoms with Crippen molar-refractivity contribution in [3.63, 3.8) is 0 Å². The van der Waals surface area contributed by atoms with Gasteiger partial charge in [-0.05, 0) is 43.5 Å². The molecular weight excluding hydrogens is 344 g/mol. The number of hydrogen-bond acceptors (Lipinski definition) is 4. The first-order chi connectivity index (χ1) is 12.7. The number of likely N-dealkylation sites (tertiary alicyclic amines) is 1. The van der Waals surface area contributed by atoms with Gasteiger partial charge >= 0.3 is 0 Å². The van der Waals surface area contributed by atoms with E-state index in [9.17, 15) is 4.79 Å². The summed E-state index contributed by atoms with van der Waals surface area (Å²) in [4.78, 5) is 15.7. The van der Waals surface area contributed by atoms with Gasteiger partial charge in [0.05, 0.1) is 5.75 Å². The minimum atomic E-state index is 0.225. The summed E-state index contributed by atoms with van der Waals surface area (Å²) >= 11 is 1.63. The van der Waals surface area contributed by atoms with Gasteiger partial charge < -0.3 is 4.90 Å². The normalized spacial score (nSPS) is 15.5. The zero-order chi connectivity index (χ0) is 17.9. The molecule has 134 valence electrons. The van der Waals surface area contributed by atoms with E-state index < -0.39 is 0 Å². The molecule has 4 rings (SSSR count). The fourth-order valence-electron chi connectivity index (χ4n) is 3.47. The standard InChI is InChI=1S/C20H22N4OS/c1-15-6-2-3-7-17(15)26-14-19(25)23-12-9-16(10-13-23)20-22-21-18-8-4-5-11-24(18)20/h2-8,11,16H,9-10,12-14H2,1H3. The van der Waals surface area contributed by atoms with Crippen molar-refractivity contribution in [2.24, 2.45) is 0 Å². The summed E-state index contributed by atoms with van der Waals surface area (Å²) in [5.41, 5.74) is 2.11. The maximum absolute atomic E-state index is 12.6. The average molecular weight is 366 g/mol. The third-order valence-electron chi connectivity index (χ3n) is 5.00. The second-order valence-corrected chi connectivity index (χ2v) is 7.71. The van der Waals surface area contributed by atoms with Crippen LogP contribution in [0.3, 0.4) is 0 Å². The van der Waals surface area contributed by atoms with Crippen LogP contribution in [0.4, 0.5) is 0 Å². The number of benzene rings is 1. The number of amides is 1. The number of carbonyl (C=O) groups excluding carboxylic acids is 1. The summed E-state index contributed by atoms with van der Waals surface area (Å²) in [6, 6.07) is 14.2. The van der Waals surface area contributed by atoms with Gasteiger partial charge in [0.2, 0.25) is 5.91 Å². The minimum absolute atomic E-state index is 0.225. The fraction of sp³-hybridized carbons (Fsp3) is 0.350. The predicted octanol–water partition coefficient (Wildman–Crippen LogP) is 3.54. The highest BCUT2D eigenvalue weighted by Crippen LogP contribution is 2.28. The molecule has 0 bridgehead atoms. The molecule has 1 fully saturated rings. The Hall–Kier alpha value is -2.34. The Labute approximate surface area is 157 Å². The zero-order valence-corrected chi connectivity index (χ0v) is 15.7. The molecule has 6 heteroatoms. The lowest BCUT2D eigenvalue weighted by molar-refractivity contribution is -0.129. The maximum Gasteiger partial charge on any atom is 0.232 e. The van der Waals surface area contributed by atoms with Gasteiger partial charge in [-0.2, -0.15) is 0 Å². The second-order valence-electron chi connectivity index (χ2n) is 6.70. The molecule has 1 saturated heterocycles.